The Morgan fingerprint density at radius 2 is 2.00 bits per heavy atom. The molecule has 0 bridgehead atoms. The van der Waals surface area contributed by atoms with Gasteiger partial charge in [-0.1, -0.05) is 37.3 Å². The molecule has 0 radical (unpaired) electrons. The molecule has 1 N–H and O–H groups in total. The fourth-order valence-corrected chi connectivity index (χ4v) is 4.49. The summed E-state index contributed by atoms with van der Waals surface area (Å²) in [5, 5.41) is 2.94. The molecule has 4 rings (SSSR count). The zero-order valence-electron chi connectivity index (χ0n) is 14.8. The van der Waals surface area contributed by atoms with E-state index < -0.39 is 0 Å². The van der Waals surface area contributed by atoms with Crippen LogP contribution in [0.25, 0.3) is 0 Å². The average molecular weight is 366 g/mol. The predicted molar refractivity (Wildman–Crippen MR) is 106 cm³/mol. The molecule has 0 spiro atoms. The lowest BCUT2D eigenvalue weighted by atomic mass is 10.1. The second-order valence-electron chi connectivity index (χ2n) is 6.80. The van der Waals surface area contributed by atoms with E-state index in [-0.39, 0.29) is 23.1 Å². The molecule has 26 heavy (non-hydrogen) atoms. The first kappa shape index (κ1) is 17.2. The van der Waals surface area contributed by atoms with Gasteiger partial charge < -0.3 is 5.32 Å². The lowest BCUT2D eigenvalue weighted by Crippen LogP contribution is -2.28. The zero-order valence-corrected chi connectivity index (χ0v) is 15.6. The number of hydrogen-bond acceptors (Lipinski definition) is 3. The van der Waals surface area contributed by atoms with E-state index in [4.69, 9.17) is 0 Å². The molecule has 1 atom stereocenters. The van der Waals surface area contributed by atoms with E-state index >= 15 is 0 Å². The van der Waals surface area contributed by atoms with Crippen molar-refractivity contribution in [2.75, 3.05) is 16.0 Å². The second kappa shape index (κ2) is 7.16. The molecule has 2 fully saturated rings. The van der Waals surface area contributed by atoms with Gasteiger partial charge >= 0.3 is 0 Å². The molecule has 1 saturated heterocycles. The Labute approximate surface area is 158 Å². The summed E-state index contributed by atoms with van der Waals surface area (Å²) in [6, 6.07) is 16.0. The third kappa shape index (κ3) is 3.36. The van der Waals surface area contributed by atoms with E-state index in [0.717, 1.165) is 36.2 Å². The van der Waals surface area contributed by atoms with Crippen LogP contribution in [-0.4, -0.2) is 17.6 Å². The van der Waals surface area contributed by atoms with Crippen LogP contribution in [0.15, 0.2) is 48.5 Å². The summed E-state index contributed by atoms with van der Waals surface area (Å²) in [7, 11) is 0. The van der Waals surface area contributed by atoms with Crippen LogP contribution >= 0.6 is 11.8 Å². The number of carbonyl (C=O) groups excluding carboxylic acids is 2. The minimum atomic E-state index is -0.0621. The average Bonchev–Trinajstić information content (AvgIpc) is 3.44. The zero-order chi connectivity index (χ0) is 18.1. The molecule has 5 heteroatoms. The minimum Gasteiger partial charge on any atom is -0.326 e. The van der Waals surface area contributed by atoms with Crippen molar-refractivity contribution in [1.82, 2.24) is 0 Å². The van der Waals surface area contributed by atoms with Crippen LogP contribution in [0, 0.1) is 5.92 Å². The number of carbonyl (C=O) groups is 2. The van der Waals surface area contributed by atoms with Crippen LogP contribution in [0.5, 0.6) is 0 Å². The molecule has 1 aliphatic heterocycles. The summed E-state index contributed by atoms with van der Waals surface area (Å²) in [5.41, 5.74) is 4.01. The summed E-state index contributed by atoms with van der Waals surface area (Å²) in [4.78, 5) is 26.6. The van der Waals surface area contributed by atoms with E-state index in [1.807, 2.05) is 47.4 Å². The Bertz CT molecular complexity index is 847. The van der Waals surface area contributed by atoms with Gasteiger partial charge in [-0.25, -0.2) is 0 Å². The van der Waals surface area contributed by atoms with E-state index in [1.54, 1.807) is 11.8 Å². The van der Waals surface area contributed by atoms with Gasteiger partial charge in [-0.05, 0) is 48.6 Å². The summed E-state index contributed by atoms with van der Waals surface area (Å²) < 4.78 is 0. The summed E-state index contributed by atoms with van der Waals surface area (Å²) >= 11 is 1.64. The molecule has 2 aliphatic rings. The molecule has 2 amide bonds. The van der Waals surface area contributed by atoms with Gasteiger partial charge in [-0.2, -0.15) is 0 Å². The van der Waals surface area contributed by atoms with Gasteiger partial charge in [0.1, 0.15) is 5.37 Å². The van der Waals surface area contributed by atoms with Crippen LogP contribution in [0.4, 0.5) is 11.4 Å². The van der Waals surface area contributed by atoms with Gasteiger partial charge in [0.15, 0.2) is 0 Å². The number of hydrogen-bond donors (Lipinski definition) is 1. The number of para-hydroxylation sites is 1. The topological polar surface area (TPSA) is 49.4 Å². The number of thioether (sulfide) groups is 1. The largest absolute Gasteiger partial charge is 0.326 e. The third-order valence-corrected chi connectivity index (χ3v) is 6.10. The number of rotatable bonds is 5. The summed E-state index contributed by atoms with van der Waals surface area (Å²) in [6.45, 7) is 2.11. The second-order valence-corrected chi connectivity index (χ2v) is 7.87. The fraction of sp³-hybridized carbons (Fsp3) is 0.333. The standard InChI is InChI=1S/C21H22N2O2S/c1-2-14-6-3-4-9-18(14)23-19(24)13-26-21(23)16-7-5-8-17(12-16)22-20(25)15-10-11-15/h3-9,12,15,21H,2,10-11,13H2,1H3,(H,22,25)/t21-/m1/s1. The summed E-state index contributed by atoms with van der Waals surface area (Å²) in [5.74, 6) is 0.884. The number of anilines is 2. The highest BCUT2D eigenvalue weighted by molar-refractivity contribution is 8.00. The first-order valence-corrected chi connectivity index (χ1v) is 10.1. The molecule has 4 nitrogen and oxygen atoms in total. The van der Waals surface area contributed by atoms with E-state index in [9.17, 15) is 9.59 Å². The highest BCUT2D eigenvalue weighted by atomic mass is 32.2. The van der Waals surface area contributed by atoms with Crippen molar-refractivity contribution >= 4 is 35.0 Å². The molecule has 134 valence electrons. The van der Waals surface area contributed by atoms with Gasteiger partial charge in [0.2, 0.25) is 11.8 Å². The van der Waals surface area contributed by atoms with Crippen molar-refractivity contribution in [3.8, 4) is 0 Å². The number of amides is 2. The molecule has 2 aromatic rings. The van der Waals surface area contributed by atoms with Crippen LogP contribution in [-0.2, 0) is 16.0 Å². The highest BCUT2D eigenvalue weighted by Crippen LogP contribution is 2.43. The maximum atomic E-state index is 12.6. The maximum Gasteiger partial charge on any atom is 0.238 e. The molecular formula is C21H22N2O2S. The molecule has 1 heterocycles. The van der Waals surface area contributed by atoms with Crippen LogP contribution in [0.2, 0.25) is 0 Å². The first-order chi connectivity index (χ1) is 12.7. The quantitative estimate of drug-likeness (QED) is 0.854. The minimum absolute atomic E-state index is 0.0621. The molecule has 1 aliphatic carbocycles. The Kier molecular flexibility index (Phi) is 4.72. The van der Waals surface area contributed by atoms with Crippen molar-refractivity contribution in [3.05, 3.63) is 59.7 Å². The Morgan fingerprint density at radius 1 is 1.19 bits per heavy atom. The lowest BCUT2D eigenvalue weighted by Gasteiger charge is -2.26. The number of aryl methyl sites for hydroxylation is 1. The van der Waals surface area contributed by atoms with Gasteiger partial charge in [0, 0.05) is 17.3 Å². The molecule has 1 saturated carbocycles. The third-order valence-electron chi connectivity index (χ3n) is 4.89. The summed E-state index contributed by atoms with van der Waals surface area (Å²) in [6.07, 6.45) is 2.86. The maximum absolute atomic E-state index is 12.6. The Hall–Kier alpha value is -2.27. The number of nitrogens with one attached hydrogen (secondary N) is 1. The van der Waals surface area contributed by atoms with Crippen molar-refractivity contribution in [2.24, 2.45) is 5.92 Å². The molecule has 0 aromatic heterocycles. The highest BCUT2D eigenvalue weighted by Gasteiger charge is 2.35. The van der Waals surface area contributed by atoms with Gasteiger partial charge in [0.05, 0.1) is 5.75 Å². The first-order valence-electron chi connectivity index (χ1n) is 9.09. The van der Waals surface area contributed by atoms with Gasteiger partial charge in [-0.3, -0.25) is 14.5 Å². The Morgan fingerprint density at radius 3 is 2.77 bits per heavy atom. The van der Waals surface area contributed by atoms with Crippen LogP contribution in [0.1, 0.15) is 36.3 Å². The van der Waals surface area contributed by atoms with Gasteiger partial charge in [0.25, 0.3) is 0 Å². The lowest BCUT2D eigenvalue weighted by molar-refractivity contribution is -0.117. The SMILES string of the molecule is CCc1ccccc1N1C(=O)CS[C@@H]1c1cccc(NC(=O)C2CC2)c1. The molecule has 2 aromatic carbocycles. The van der Waals surface area contributed by atoms with Gasteiger partial charge in [-0.15, -0.1) is 11.8 Å². The molecule has 0 unspecified atom stereocenters. The number of benzene rings is 2. The predicted octanol–water partition coefficient (Wildman–Crippen LogP) is 4.38. The Balaban J connectivity index is 1.63. The number of nitrogens with zero attached hydrogens (tertiary/aromatic N) is 1. The van der Waals surface area contributed by atoms with Crippen molar-refractivity contribution in [2.45, 2.75) is 31.6 Å². The van der Waals surface area contributed by atoms with Crippen molar-refractivity contribution in [3.63, 3.8) is 0 Å². The van der Waals surface area contributed by atoms with E-state index in [2.05, 4.69) is 18.3 Å². The normalized spacial score (nSPS) is 19.7. The monoisotopic (exact) mass is 366 g/mol. The van der Waals surface area contributed by atoms with E-state index in [1.165, 1.54) is 5.56 Å². The van der Waals surface area contributed by atoms with Crippen molar-refractivity contribution < 1.29 is 9.59 Å². The van der Waals surface area contributed by atoms with Crippen LogP contribution < -0.4 is 10.2 Å². The molecular weight excluding hydrogens is 344 g/mol. The van der Waals surface area contributed by atoms with E-state index in [0.29, 0.717) is 5.75 Å². The van der Waals surface area contributed by atoms with Crippen molar-refractivity contribution in [1.29, 1.82) is 0 Å². The van der Waals surface area contributed by atoms with Crippen LogP contribution in [0.3, 0.4) is 0 Å². The smallest absolute Gasteiger partial charge is 0.238 e. The fourth-order valence-electron chi connectivity index (χ4n) is 3.34.